The van der Waals surface area contributed by atoms with Crippen molar-refractivity contribution in [3.05, 3.63) is 87.1 Å². The summed E-state index contributed by atoms with van der Waals surface area (Å²) in [6, 6.07) is 18.7. The molecule has 0 fully saturated rings. The van der Waals surface area contributed by atoms with Crippen molar-refractivity contribution in [3.63, 3.8) is 0 Å². The minimum Gasteiger partial charge on any atom is -0.457 e. The van der Waals surface area contributed by atoms with E-state index >= 15 is 0 Å². The van der Waals surface area contributed by atoms with Crippen LogP contribution in [0.5, 0.6) is 0 Å². The SMILES string of the molecule is N#CC(=Cc1ccc(-c2cccc([N+](=O)[O-])c2)o1)c1ccccc1Cl. The number of hydrogen-bond donors (Lipinski definition) is 0. The minimum absolute atomic E-state index is 0.0141. The zero-order valence-electron chi connectivity index (χ0n) is 12.8. The highest BCUT2D eigenvalue weighted by Gasteiger charge is 2.11. The Labute approximate surface area is 148 Å². The molecule has 5 nitrogen and oxygen atoms in total. The summed E-state index contributed by atoms with van der Waals surface area (Å²) in [6.45, 7) is 0. The van der Waals surface area contributed by atoms with Crippen molar-refractivity contribution in [2.24, 2.45) is 0 Å². The molecule has 0 spiro atoms. The van der Waals surface area contributed by atoms with Gasteiger partial charge in [0.2, 0.25) is 0 Å². The van der Waals surface area contributed by atoms with Gasteiger partial charge >= 0.3 is 0 Å². The summed E-state index contributed by atoms with van der Waals surface area (Å²) >= 11 is 6.13. The van der Waals surface area contributed by atoms with E-state index in [0.29, 0.717) is 33.2 Å². The largest absolute Gasteiger partial charge is 0.457 e. The molecule has 0 N–H and O–H groups in total. The highest BCUT2D eigenvalue weighted by molar-refractivity contribution is 6.32. The van der Waals surface area contributed by atoms with E-state index in [1.54, 1.807) is 54.6 Å². The number of nitriles is 1. The monoisotopic (exact) mass is 350 g/mol. The number of halogens is 1. The van der Waals surface area contributed by atoms with Crippen LogP contribution in [0, 0.1) is 21.4 Å². The smallest absolute Gasteiger partial charge is 0.270 e. The van der Waals surface area contributed by atoms with Gasteiger partial charge in [-0.1, -0.05) is 41.9 Å². The van der Waals surface area contributed by atoms with Crippen molar-refractivity contribution in [2.45, 2.75) is 0 Å². The predicted octanol–water partition coefficient (Wildman–Crippen LogP) is 5.57. The first kappa shape index (κ1) is 16.5. The van der Waals surface area contributed by atoms with Gasteiger partial charge in [-0.3, -0.25) is 10.1 Å². The number of nitro groups is 1. The van der Waals surface area contributed by atoms with Gasteiger partial charge in [0, 0.05) is 28.3 Å². The van der Waals surface area contributed by atoms with Gasteiger partial charge in [-0.25, -0.2) is 0 Å². The number of nitrogens with zero attached hydrogens (tertiary/aromatic N) is 2. The molecular formula is C19H11ClN2O3. The van der Waals surface area contributed by atoms with E-state index in [1.807, 2.05) is 0 Å². The fourth-order valence-electron chi connectivity index (χ4n) is 2.35. The van der Waals surface area contributed by atoms with Gasteiger partial charge in [0.1, 0.15) is 11.5 Å². The van der Waals surface area contributed by atoms with Crippen LogP contribution in [0.3, 0.4) is 0 Å². The lowest BCUT2D eigenvalue weighted by Crippen LogP contribution is -1.87. The van der Waals surface area contributed by atoms with E-state index in [9.17, 15) is 15.4 Å². The van der Waals surface area contributed by atoms with Gasteiger partial charge < -0.3 is 4.42 Å². The topological polar surface area (TPSA) is 80.1 Å². The van der Waals surface area contributed by atoms with Crippen LogP contribution < -0.4 is 0 Å². The zero-order chi connectivity index (χ0) is 17.8. The second-order valence-corrected chi connectivity index (χ2v) is 5.57. The van der Waals surface area contributed by atoms with Crippen molar-refractivity contribution in [1.29, 1.82) is 5.26 Å². The Bertz CT molecular complexity index is 1020. The molecule has 122 valence electrons. The van der Waals surface area contributed by atoms with E-state index in [-0.39, 0.29) is 5.69 Å². The molecular weight excluding hydrogens is 340 g/mol. The molecule has 3 aromatic rings. The lowest BCUT2D eigenvalue weighted by Gasteiger charge is -2.01. The van der Waals surface area contributed by atoms with Crippen LogP contribution in [-0.4, -0.2) is 4.92 Å². The molecule has 0 aliphatic rings. The third kappa shape index (κ3) is 3.60. The number of nitro benzene ring substituents is 1. The Morgan fingerprint density at radius 2 is 1.96 bits per heavy atom. The third-order valence-electron chi connectivity index (χ3n) is 3.54. The van der Waals surface area contributed by atoms with E-state index in [0.717, 1.165) is 0 Å². The van der Waals surface area contributed by atoms with E-state index in [2.05, 4.69) is 6.07 Å². The highest BCUT2D eigenvalue weighted by atomic mass is 35.5. The first-order valence-electron chi connectivity index (χ1n) is 7.30. The maximum atomic E-state index is 10.9. The Balaban J connectivity index is 1.96. The number of non-ortho nitro benzene ring substituents is 1. The Hall–Kier alpha value is -3.36. The van der Waals surface area contributed by atoms with Crippen LogP contribution in [0.25, 0.3) is 23.0 Å². The summed E-state index contributed by atoms with van der Waals surface area (Å²) < 4.78 is 5.70. The second kappa shape index (κ2) is 7.04. The lowest BCUT2D eigenvalue weighted by atomic mass is 10.1. The molecule has 0 unspecified atom stereocenters. The zero-order valence-corrected chi connectivity index (χ0v) is 13.6. The highest BCUT2D eigenvalue weighted by Crippen LogP contribution is 2.29. The summed E-state index contributed by atoms with van der Waals surface area (Å²) in [4.78, 5) is 10.4. The van der Waals surface area contributed by atoms with Gasteiger partial charge in [-0.15, -0.1) is 0 Å². The van der Waals surface area contributed by atoms with Crippen molar-refractivity contribution in [1.82, 2.24) is 0 Å². The van der Waals surface area contributed by atoms with Crippen LogP contribution in [0.15, 0.2) is 65.1 Å². The molecule has 0 radical (unpaired) electrons. The van der Waals surface area contributed by atoms with Gasteiger partial charge in [-0.05, 0) is 24.3 Å². The van der Waals surface area contributed by atoms with Crippen LogP contribution in [0.1, 0.15) is 11.3 Å². The molecule has 0 bridgehead atoms. The van der Waals surface area contributed by atoms with Crippen molar-refractivity contribution in [2.75, 3.05) is 0 Å². The fraction of sp³-hybridized carbons (Fsp3) is 0. The average molecular weight is 351 g/mol. The maximum Gasteiger partial charge on any atom is 0.270 e. The van der Waals surface area contributed by atoms with Crippen molar-refractivity contribution in [3.8, 4) is 17.4 Å². The quantitative estimate of drug-likeness (QED) is 0.350. The maximum absolute atomic E-state index is 10.9. The van der Waals surface area contributed by atoms with Crippen LogP contribution >= 0.6 is 11.6 Å². The van der Waals surface area contributed by atoms with Crippen LogP contribution in [-0.2, 0) is 0 Å². The Morgan fingerprint density at radius 3 is 2.68 bits per heavy atom. The molecule has 0 saturated heterocycles. The summed E-state index contributed by atoms with van der Waals surface area (Å²) in [5.41, 5.74) is 1.55. The molecule has 6 heteroatoms. The second-order valence-electron chi connectivity index (χ2n) is 5.16. The molecule has 1 heterocycles. The Morgan fingerprint density at radius 1 is 1.16 bits per heavy atom. The number of allylic oxidation sites excluding steroid dienone is 1. The average Bonchev–Trinajstić information content (AvgIpc) is 3.09. The number of hydrogen-bond acceptors (Lipinski definition) is 4. The summed E-state index contributed by atoms with van der Waals surface area (Å²) in [6.07, 6.45) is 1.59. The first-order valence-corrected chi connectivity index (χ1v) is 7.67. The normalized spacial score (nSPS) is 11.1. The molecule has 0 amide bonds. The van der Waals surface area contributed by atoms with E-state index in [4.69, 9.17) is 16.0 Å². The lowest BCUT2D eigenvalue weighted by molar-refractivity contribution is -0.384. The molecule has 0 atom stereocenters. The molecule has 0 aliphatic carbocycles. The molecule has 1 aromatic heterocycles. The predicted molar refractivity (Wildman–Crippen MR) is 95.7 cm³/mol. The van der Waals surface area contributed by atoms with Crippen molar-refractivity contribution >= 4 is 28.9 Å². The molecule has 3 rings (SSSR count). The number of rotatable bonds is 4. The van der Waals surface area contributed by atoms with Crippen molar-refractivity contribution < 1.29 is 9.34 Å². The third-order valence-corrected chi connectivity index (χ3v) is 3.87. The number of furan rings is 1. The van der Waals surface area contributed by atoms with Gasteiger partial charge in [0.25, 0.3) is 5.69 Å². The molecule has 2 aromatic carbocycles. The standard InChI is InChI=1S/C19H11ClN2O3/c20-18-7-2-1-6-17(18)14(12-21)11-16-8-9-19(25-16)13-4-3-5-15(10-13)22(23)24/h1-11H. The van der Waals surface area contributed by atoms with Crippen LogP contribution in [0.2, 0.25) is 5.02 Å². The summed E-state index contributed by atoms with van der Waals surface area (Å²) in [5, 5.41) is 20.7. The van der Waals surface area contributed by atoms with Gasteiger partial charge in [-0.2, -0.15) is 5.26 Å². The molecule has 0 aliphatic heterocycles. The first-order chi connectivity index (χ1) is 12.1. The van der Waals surface area contributed by atoms with Gasteiger partial charge in [0.05, 0.1) is 16.6 Å². The Kier molecular flexibility index (Phi) is 4.64. The van der Waals surface area contributed by atoms with E-state index in [1.165, 1.54) is 12.1 Å². The molecule has 0 saturated carbocycles. The minimum atomic E-state index is -0.460. The summed E-state index contributed by atoms with van der Waals surface area (Å²) in [7, 11) is 0. The van der Waals surface area contributed by atoms with E-state index < -0.39 is 4.92 Å². The van der Waals surface area contributed by atoms with Crippen LogP contribution in [0.4, 0.5) is 5.69 Å². The summed E-state index contributed by atoms with van der Waals surface area (Å²) in [5.74, 6) is 0.935. The fourth-order valence-corrected chi connectivity index (χ4v) is 2.59. The number of benzene rings is 2. The van der Waals surface area contributed by atoms with Gasteiger partial charge in [0.15, 0.2) is 0 Å². The molecule has 25 heavy (non-hydrogen) atoms.